The number of benzene rings is 2. The predicted molar refractivity (Wildman–Crippen MR) is 104 cm³/mol. The third-order valence-corrected chi connectivity index (χ3v) is 4.89. The van der Waals surface area contributed by atoms with Crippen LogP contribution in [0.15, 0.2) is 41.2 Å². The Hall–Kier alpha value is -3.08. The number of carbonyl (C=O) groups excluding carboxylic acids is 1. The van der Waals surface area contributed by atoms with E-state index < -0.39 is 46.6 Å². The molecule has 1 unspecified atom stereocenters. The molecule has 0 bridgehead atoms. The monoisotopic (exact) mass is 477 g/mol. The zero-order chi connectivity index (χ0) is 24.0. The van der Waals surface area contributed by atoms with E-state index in [9.17, 15) is 35.9 Å². The quantitative estimate of drug-likeness (QED) is 0.533. The standard InChI is InChI=1S/C20H14ClF6N3O2/c1-9(16-29-15-8-13(21)3-4-14(15)18(32)30(16)2)28-17(31)10-5-11(19(22,23)24)7-12(6-10)20(25,26)27/h3-9H,1-2H3,(H,28,31). The van der Waals surface area contributed by atoms with Crippen LogP contribution in [-0.4, -0.2) is 15.5 Å². The molecule has 3 rings (SSSR count). The zero-order valence-corrected chi connectivity index (χ0v) is 17.2. The molecule has 0 fully saturated rings. The van der Waals surface area contributed by atoms with E-state index in [1.807, 2.05) is 0 Å². The van der Waals surface area contributed by atoms with E-state index in [2.05, 4.69) is 10.3 Å². The van der Waals surface area contributed by atoms with E-state index in [1.54, 1.807) is 0 Å². The van der Waals surface area contributed by atoms with Crippen molar-refractivity contribution in [3.63, 3.8) is 0 Å². The average molecular weight is 478 g/mol. The molecule has 32 heavy (non-hydrogen) atoms. The highest BCUT2D eigenvalue weighted by Crippen LogP contribution is 2.36. The van der Waals surface area contributed by atoms with Crippen molar-refractivity contribution in [2.45, 2.75) is 25.3 Å². The highest BCUT2D eigenvalue weighted by molar-refractivity contribution is 6.31. The molecule has 170 valence electrons. The summed E-state index contributed by atoms with van der Waals surface area (Å²) in [6.07, 6.45) is -10.2. The van der Waals surface area contributed by atoms with Crippen molar-refractivity contribution in [1.82, 2.24) is 14.9 Å². The Morgan fingerprint density at radius 2 is 1.59 bits per heavy atom. The van der Waals surface area contributed by atoms with E-state index in [1.165, 1.54) is 32.2 Å². The Labute approximate surface area is 181 Å². The predicted octanol–water partition coefficient (Wildman–Crippen LogP) is 5.12. The Balaban J connectivity index is 2.00. The third-order valence-electron chi connectivity index (χ3n) is 4.66. The van der Waals surface area contributed by atoms with Crippen molar-refractivity contribution in [3.8, 4) is 0 Å². The van der Waals surface area contributed by atoms with Crippen LogP contribution in [0.25, 0.3) is 10.9 Å². The fourth-order valence-electron chi connectivity index (χ4n) is 3.08. The summed E-state index contributed by atoms with van der Waals surface area (Å²) in [6.45, 7) is 1.38. The van der Waals surface area contributed by atoms with Gasteiger partial charge in [-0.2, -0.15) is 26.3 Å². The van der Waals surface area contributed by atoms with Crippen molar-refractivity contribution < 1.29 is 31.1 Å². The van der Waals surface area contributed by atoms with Crippen LogP contribution >= 0.6 is 11.6 Å². The van der Waals surface area contributed by atoms with Crippen molar-refractivity contribution in [1.29, 1.82) is 0 Å². The SMILES string of the molecule is CC(NC(=O)c1cc(C(F)(F)F)cc(C(F)(F)F)c1)c1nc2cc(Cl)ccc2c(=O)n1C. The fourth-order valence-corrected chi connectivity index (χ4v) is 3.25. The molecule has 0 aliphatic heterocycles. The third kappa shape index (κ3) is 4.72. The number of aromatic nitrogens is 2. The van der Waals surface area contributed by atoms with Crippen LogP contribution in [0.1, 0.15) is 40.3 Å². The van der Waals surface area contributed by atoms with Crippen LogP contribution in [-0.2, 0) is 19.4 Å². The van der Waals surface area contributed by atoms with E-state index in [-0.39, 0.29) is 22.8 Å². The minimum atomic E-state index is -5.09. The van der Waals surface area contributed by atoms with E-state index in [0.717, 1.165) is 4.57 Å². The molecule has 0 radical (unpaired) electrons. The van der Waals surface area contributed by atoms with Gasteiger partial charge < -0.3 is 5.32 Å². The van der Waals surface area contributed by atoms with Crippen LogP contribution in [0.5, 0.6) is 0 Å². The Morgan fingerprint density at radius 1 is 1.03 bits per heavy atom. The molecule has 0 aliphatic rings. The molecule has 5 nitrogen and oxygen atoms in total. The first kappa shape index (κ1) is 23.6. The molecule has 0 aliphatic carbocycles. The normalized spacial score (nSPS) is 13.3. The average Bonchev–Trinajstić information content (AvgIpc) is 2.68. The summed E-state index contributed by atoms with van der Waals surface area (Å²) in [5.74, 6) is -1.17. The number of fused-ring (bicyclic) bond motifs is 1. The number of halogens is 7. The number of hydrogen-bond donors (Lipinski definition) is 1. The molecular formula is C20H14ClF6N3O2. The van der Waals surface area contributed by atoms with Crippen molar-refractivity contribution in [2.24, 2.45) is 7.05 Å². The molecular weight excluding hydrogens is 464 g/mol. The maximum atomic E-state index is 13.0. The summed E-state index contributed by atoms with van der Waals surface area (Å²) < 4.78 is 79.4. The molecule has 1 N–H and O–H groups in total. The molecule has 0 saturated carbocycles. The highest BCUT2D eigenvalue weighted by Gasteiger charge is 2.37. The second kappa shape index (κ2) is 8.12. The van der Waals surface area contributed by atoms with Crippen molar-refractivity contribution in [2.75, 3.05) is 0 Å². The fraction of sp³-hybridized carbons (Fsp3) is 0.250. The van der Waals surface area contributed by atoms with Crippen LogP contribution in [0.2, 0.25) is 5.02 Å². The number of alkyl halides is 6. The van der Waals surface area contributed by atoms with Gasteiger partial charge in [0.25, 0.3) is 11.5 Å². The van der Waals surface area contributed by atoms with E-state index in [0.29, 0.717) is 17.2 Å². The lowest BCUT2D eigenvalue weighted by Gasteiger charge is -2.18. The Morgan fingerprint density at radius 3 is 2.12 bits per heavy atom. The molecule has 0 spiro atoms. The molecule has 0 saturated heterocycles. The van der Waals surface area contributed by atoms with Crippen LogP contribution in [0, 0.1) is 0 Å². The van der Waals surface area contributed by atoms with E-state index >= 15 is 0 Å². The lowest BCUT2D eigenvalue weighted by Crippen LogP contribution is -2.33. The molecule has 3 aromatic rings. The summed E-state index contributed by atoms with van der Waals surface area (Å²) in [5.41, 5.74) is -4.32. The number of hydrogen-bond acceptors (Lipinski definition) is 3. The van der Waals surface area contributed by atoms with Gasteiger partial charge in [0.2, 0.25) is 0 Å². The maximum absolute atomic E-state index is 13.0. The Bertz CT molecular complexity index is 1230. The van der Waals surface area contributed by atoms with Gasteiger partial charge in [-0.1, -0.05) is 11.6 Å². The highest BCUT2D eigenvalue weighted by atomic mass is 35.5. The largest absolute Gasteiger partial charge is 0.416 e. The van der Waals surface area contributed by atoms with Gasteiger partial charge in [0.05, 0.1) is 28.1 Å². The first-order valence-corrected chi connectivity index (χ1v) is 9.33. The van der Waals surface area contributed by atoms with Crippen molar-refractivity contribution >= 4 is 28.4 Å². The van der Waals surface area contributed by atoms with Crippen LogP contribution in [0.4, 0.5) is 26.3 Å². The van der Waals surface area contributed by atoms with Gasteiger partial charge in [0.1, 0.15) is 5.82 Å². The summed E-state index contributed by atoms with van der Waals surface area (Å²) in [7, 11) is 1.37. The summed E-state index contributed by atoms with van der Waals surface area (Å²) in [6, 6.07) is 3.91. The van der Waals surface area contributed by atoms with E-state index in [4.69, 9.17) is 11.6 Å². The maximum Gasteiger partial charge on any atom is 0.416 e. The lowest BCUT2D eigenvalue weighted by molar-refractivity contribution is -0.143. The molecule has 1 amide bonds. The lowest BCUT2D eigenvalue weighted by atomic mass is 10.0. The van der Waals surface area contributed by atoms with Crippen LogP contribution < -0.4 is 10.9 Å². The molecule has 1 aromatic heterocycles. The second-order valence-electron chi connectivity index (χ2n) is 6.99. The van der Waals surface area contributed by atoms with Gasteiger partial charge >= 0.3 is 12.4 Å². The zero-order valence-electron chi connectivity index (χ0n) is 16.4. The number of rotatable bonds is 3. The molecule has 1 atom stereocenters. The second-order valence-corrected chi connectivity index (χ2v) is 7.42. The number of nitrogens with one attached hydrogen (secondary N) is 1. The minimum absolute atomic E-state index is 0.0288. The number of amides is 1. The summed E-state index contributed by atoms with van der Waals surface area (Å²) in [4.78, 5) is 29.3. The molecule has 1 heterocycles. The topological polar surface area (TPSA) is 64.0 Å². The van der Waals surface area contributed by atoms with Gasteiger partial charge in [-0.3, -0.25) is 14.2 Å². The van der Waals surface area contributed by atoms with Gasteiger partial charge in [0.15, 0.2) is 0 Å². The first-order valence-electron chi connectivity index (χ1n) is 8.95. The van der Waals surface area contributed by atoms with Gasteiger partial charge in [-0.15, -0.1) is 0 Å². The van der Waals surface area contributed by atoms with Crippen LogP contribution in [0.3, 0.4) is 0 Å². The number of carbonyl (C=O) groups is 1. The van der Waals surface area contributed by atoms with Crippen molar-refractivity contribution in [3.05, 3.63) is 74.3 Å². The smallest absolute Gasteiger partial charge is 0.342 e. The van der Waals surface area contributed by atoms with Gasteiger partial charge in [-0.05, 0) is 43.3 Å². The first-order chi connectivity index (χ1) is 14.7. The van der Waals surface area contributed by atoms with Gasteiger partial charge in [0, 0.05) is 17.6 Å². The van der Waals surface area contributed by atoms with Gasteiger partial charge in [-0.25, -0.2) is 4.98 Å². The summed E-state index contributed by atoms with van der Waals surface area (Å²) >= 11 is 5.91. The number of nitrogens with zero attached hydrogens (tertiary/aromatic N) is 2. The minimum Gasteiger partial charge on any atom is -0.342 e. The summed E-state index contributed by atoms with van der Waals surface area (Å²) in [5, 5.41) is 2.83. The molecule has 2 aromatic carbocycles. The Kier molecular flexibility index (Phi) is 5.98. The molecule has 12 heteroatoms.